The van der Waals surface area contributed by atoms with Crippen molar-refractivity contribution < 1.29 is 20.1 Å². The molecule has 1 aliphatic heterocycles. The third kappa shape index (κ3) is 7.19. The maximum absolute atomic E-state index is 10.7. The van der Waals surface area contributed by atoms with Gasteiger partial charge in [0.2, 0.25) is 0 Å². The molecule has 3 rings (SSSR count). The summed E-state index contributed by atoms with van der Waals surface area (Å²) in [5.74, 6) is 2.66. The molecule has 1 aromatic heterocycles. The first kappa shape index (κ1) is 27.0. The summed E-state index contributed by atoms with van der Waals surface area (Å²) in [5, 5.41) is 37.7. The van der Waals surface area contributed by atoms with Gasteiger partial charge >= 0.3 is 5.97 Å². The van der Waals surface area contributed by atoms with Crippen molar-refractivity contribution in [3.63, 3.8) is 0 Å². The molecule has 1 saturated heterocycles. The van der Waals surface area contributed by atoms with Gasteiger partial charge in [-0.05, 0) is 52.1 Å². The highest BCUT2D eigenvalue weighted by Crippen LogP contribution is 2.30. The number of aromatic nitrogens is 1. The lowest BCUT2D eigenvalue weighted by atomic mass is 10.1. The van der Waals surface area contributed by atoms with Gasteiger partial charge < -0.3 is 36.4 Å². The van der Waals surface area contributed by atoms with E-state index in [1.54, 1.807) is 32.2 Å². The van der Waals surface area contributed by atoms with Gasteiger partial charge in [0.15, 0.2) is 11.6 Å². The third-order valence-corrected chi connectivity index (χ3v) is 5.70. The number of benzene rings is 1. The molecule has 1 fully saturated rings. The molecule has 0 saturated carbocycles. The highest BCUT2D eigenvalue weighted by Gasteiger charge is 2.30. The fraction of sp³-hybridized carbons (Fsp3) is 0.385. The first-order valence-corrected chi connectivity index (χ1v) is 11.5. The number of ether oxygens (including phenoxy) is 1. The van der Waals surface area contributed by atoms with E-state index in [4.69, 9.17) is 16.2 Å². The second-order valence-electron chi connectivity index (χ2n) is 9.32. The monoisotopic (exact) mass is 494 g/mol. The summed E-state index contributed by atoms with van der Waals surface area (Å²) in [6, 6.07) is 8.07. The molecule has 192 valence electrons. The fourth-order valence-electron chi connectivity index (χ4n) is 3.42. The summed E-state index contributed by atoms with van der Waals surface area (Å²) < 4.78 is 5.47. The summed E-state index contributed by atoms with van der Waals surface area (Å²) in [7, 11) is 2.08. The van der Waals surface area contributed by atoms with Gasteiger partial charge in [-0.2, -0.15) is 5.10 Å². The van der Waals surface area contributed by atoms with E-state index in [1.807, 2.05) is 5.01 Å². The number of pyridine rings is 1. The van der Waals surface area contributed by atoms with Crippen molar-refractivity contribution in [2.24, 2.45) is 10.8 Å². The smallest absolute Gasteiger partial charge is 0.351 e. The lowest BCUT2D eigenvalue weighted by molar-refractivity contribution is -0.303. The maximum Gasteiger partial charge on any atom is 0.351 e. The minimum absolute atomic E-state index is 0.0233. The Hall–Kier alpha value is -3.62. The standard InChI is InChI=1S/C26H34N6O4/c1-18-17-32(11-10-31(18)4)30-16-21(14-27)20-13-23(24(28)29-15-20)36-26(34,35)22-7-5-6-19(12-22)8-9-25(2,3)33/h5-7,12-16,18,33-35H,10-11,17,27H2,1-4H3,(H2,28,29). The van der Waals surface area contributed by atoms with Crippen LogP contribution in [-0.2, 0) is 5.97 Å². The number of hydrogen-bond acceptors (Lipinski definition) is 10. The SMILES string of the molecule is CC1CN(N=CC(=CN)c2cnc(N)c(OC(O)(O)c3cccc(C#CC(C)(C)O)c3)c2)CCN1C. The Labute approximate surface area is 211 Å². The van der Waals surface area contributed by atoms with Crippen LogP contribution in [-0.4, -0.2) is 74.8 Å². The molecule has 36 heavy (non-hydrogen) atoms. The molecule has 2 aromatic rings. The highest BCUT2D eigenvalue weighted by atomic mass is 16.8. The van der Waals surface area contributed by atoms with Crippen molar-refractivity contribution >= 4 is 17.6 Å². The van der Waals surface area contributed by atoms with Crippen LogP contribution in [0.5, 0.6) is 5.75 Å². The second-order valence-corrected chi connectivity index (χ2v) is 9.32. The van der Waals surface area contributed by atoms with Crippen LogP contribution in [0, 0.1) is 11.8 Å². The first-order valence-electron chi connectivity index (χ1n) is 11.5. The number of likely N-dealkylation sites (N-methyl/N-ethyl adjacent to an activating group) is 1. The van der Waals surface area contributed by atoms with Crippen LogP contribution in [0.4, 0.5) is 5.82 Å². The van der Waals surface area contributed by atoms with Crippen molar-refractivity contribution in [3.8, 4) is 17.6 Å². The van der Waals surface area contributed by atoms with E-state index in [9.17, 15) is 15.3 Å². The van der Waals surface area contributed by atoms with Crippen molar-refractivity contribution in [1.82, 2.24) is 14.9 Å². The topological polar surface area (TPSA) is 154 Å². The zero-order chi connectivity index (χ0) is 26.5. The molecule has 0 aliphatic carbocycles. The van der Waals surface area contributed by atoms with Crippen molar-refractivity contribution in [3.05, 3.63) is 59.4 Å². The Morgan fingerprint density at radius 1 is 1.25 bits per heavy atom. The summed E-state index contributed by atoms with van der Waals surface area (Å²) in [5.41, 5.74) is 12.2. The summed E-state index contributed by atoms with van der Waals surface area (Å²) in [6.07, 6.45) is 4.52. The fourth-order valence-corrected chi connectivity index (χ4v) is 3.42. The summed E-state index contributed by atoms with van der Waals surface area (Å²) in [4.78, 5) is 6.39. The number of nitrogen functional groups attached to an aromatic ring is 1. The second kappa shape index (κ2) is 11.0. The third-order valence-electron chi connectivity index (χ3n) is 5.70. The quantitative estimate of drug-likeness (QED) is 0.224. The molecular weight excluding hydrogens is 460 g/mol. The summed E-state index contributed by atoms with van der Waals surface area (Å²) in [6.45, 7) is 7.73. The Morgan fingerprint density at radius 3 is 2.67 bits per heavy atom. The van der Waals surface area contributed by atoms with Crippen LogP contribution in [0.1, 0.15) is 37.5 Å². The van der Waals surface area contributed by atoms with E-state index in [0.717, 1.165) is 19.6 Å². The zero-order valence-electron chi connectivity index (χ0n) is 21.0. The van der Waals surface area contributed by atoms with E-state index in [1.165, 1.54) is 30.6 Å². The minimum Gasteiger partial charge on any atom is -0.432 e. The number of hydrazone groups is 1. The lowest BCUT2D eigenvalue weighted by Crippen LogP contribution is -2.47. The van der Waals surface area contributed by atoms with Gasteiger partial charge in [0.1, 0.15) is 5.60 Å². The molecule has 0 radical (unpaired) electrons. The molecule has 1 atom stereocenters. The molecule has 2 heterocycles. The van der Waals surface area contributed by atoms with Gasteiger partial charge in [0.25, 0.3) is 0 Å². The van der Waals surface area contributed by atoms with Crippen LogP contribution < -0.4 is 16.2 Å². The van der Waals surface area contributed by atoms with Crippen molar-refractivity contribution in [1.29, 1.82) is 0 Å². The Kier molecular flexibility index (Phi) is 8.22. The van der Waals surface area contributed by atoms with E-state index in [-0.39, 0.29) is 17.1 Å². The molecule has 0 spiro atoms. The van der Waals surface area contributed by atoms with Crippen LogP contribution in [0.2, 0.25) is 0 Å². The number of aliphatic hydroxyl groups is 3. The summed E-state index contributed by atoms with van der Waals surface area (Å²) >= 11 is 0. The number of nitrogens with zero attached hydrogens (tertiary/aromatic N) is 4. The first-order chi connectivity index (χ1) is 16.9. The number of hydrogen-bond donors (Lipinski definition) is 5. The highest BCUT2D eigenvalue weighted by molar-refractivity contribution is 6.09. The van der Waals surface area contributed by atoms with Gasteiger partial charge in [0.05, 0.1) is 18.3 Å². The zero-order valence-corrected chi connectivity index (χ0v) is 21.0. The van der Waals surface area contributed by atoms with Gasteiger partial charge in [0, 0.05) is 48.2 Å². The van der Waals surface area contributed by atoms with Crippen LogP contribution in [0.25, 0.3) is 5.57 Å². The molecule has 10 nitrogen and oxygen atoms in total. The van der Waals surface area contributed by atoms with Gasteiger partial charge in [-0.3, -0.25) is 5.01 Å². The van der Waals surface area contributed by atoms with Gasteiger partial charge in [-0.15, -0.1) is 0 Å². The predicted molar refractivity (Wildman–Crippen MR) is 139 cm³/mol. The van der Waals surface area contributed by atoms with E-state index >= 15 is 0 Å². The lowest BCUT2D eigenvalue weighted by Gasteiger charge is -2.36. The average Bonchev–Trinajstić information content (AvgIpc) is 2.82. The van der Waals surface area contributed by atoms with Crippen LogP contribution >= 0.6 is 0 Å². The minimum atomic E-state index is -2.72. The Balaban J connectivity index is 1.81. The normalized spacial score (nSPS) is 17.7. The van der Waals surface area contributed by atoms with Crippen molar-refractivity contribution in [2.45, 2.75) is 38.4 Å². The number of anilines is 1. The Morgan fingerprint density at radius 2 is 2.00 bits per heavy atom. The molecule has 0 amide bonds. The molecule has 1 aromatic carbocycles. The number of allylic oxidation sites excluding steroid dienone is 1. The molecule has 7 N–H and O–H groups in total. The maximum atomic E-state index is 10.7. The van der Waals surface area contributed by atoms with E-state index < -0.39 is 11.6 Å². The molecule has 1 aliphatic rings. The number of nitrogens with two attached hydrogens (primary N) is 2. The molecule has 10 heteroatoms. The largest absolute Gasteiger partial charge is 0.432 e. The molecular formula is C26H34N6O4. The number of piperazine rings is 1. The van der Waals surface area contributed by atoms with Gasteiger partial charge in [-0.1, -0.05) is 17.9 Å². The van der Waals surface area contributed by atoms with Crippen LogP contribution in [0.15, 0.2) is 47.8 Å². The van der Waals surface area contributed by atoms with E-state index in [2.05, 4.69) is 40.8 Å². The Bertz CT molecular complexity index is 1190. The van der Waals surface area contributed by atoms with Crippen molar-refractivity contribution in [2.75, 3.05) is 32.4 Å². The molecule has 0 bridgehead atoms. The average molecular weight is 495 g/mol. The predicted octanol–water partition coefficient (Wildman–Crippen LogP) is 0.881. The van der Waals surface area contributed by atoms with E-state index in [0.29, 0.717) is 22.7 Å². The molecule has 1 unspecified atom stereocenters. The van der Waals surface area contributed by atoms with Gasteiger partial charge in [-0.25, -0.2) is 4.98 Å². The van der Waals surface area contributed by atoms with Crippen LogP contribution in [0.3, 0.4) is 0 Å². The number of rotatable bonds is 6.